The lowest BCUT2D eigenvalue weighted by Gasteiger charge is -2.13. The van der Waals surface area contributed by atoms with Gasteiger partial charge < -0.3 is 28.5 Å². The third kappa shape index (κ3) is 13.1. The van der Waals surface area contributed by atoms with Gasteiger partial charge in [0.05, 0.1) is 22.2 Å². The molecule has 0 aliphatic carbocycles. The Hall–Kier alpha value is -8.14. The SMILES string of the molecule is Cc1[nH]c2cc(OC(F)(F)F)ccc2c1C(=O)c1ccc(Cl)cc1.Cc1c(C(=O)c2ccc(Cl)cc2)c2ccc(OC(F)(F)F)cc2n1Cc1cccc(C2OC(=O)NC2=O)c1.O=C1NC(=O)C(c2cccc(CBr)c2)O1. The van der Waals surface area contributed by atoms with Crippen molar-refractivity contribution in [3.8, 4) is 11.5 Å². The highest BCUT2D eigenvalue weighted by molar-refractivity contribution is 9.08. The molecule has 0 saturated carbocycles. The molecule has 10 rings (SSSR count). The summed E-state index contributed by atoms with van der Waals surface area (Å²) < 4.78 is 95.4. The van der Waals surface area contributed by atoms with Crippen molar-refractivity contribution in [1.82, 2.24) is 20.2 Å². The largest absolute Gasteiger partial charge is 0.573 e. The fraction of sp³-hybridized carbons (Fsp3) is 0.148. The van der Waals surface area contributed by atoms with Gasteiger partial charge in [-0.05, 0) is 104 Å². The van der Waals surface area contributed by atoms with Crippen molar-refractivity contribution in [3.63, 3.8) is 0 Å². The number of nitrogens with zero attached hydrogens (tertiary/aromatic N) is 1. The average molecular weight is 1170 g/mol. The van der Waals surface area contributed by atoms with Crippen LogP contribution in [-0.4, -0.2) is 57.8 Å². The quantitative estimate of drug-likeness (QED) is 0.0640. The number of aromatic nitrogens is 2. The van der Waals surface area contributed by atoms with E-state index >= 15 is 0 Å². The van der Waals surface area contributed by atoms with Crippen molar-refractivity contribution in [2.24, 2.45) is 0 Å². The number of alkyl carbamates (subject to hydrolysis) is 2. The van der Waals surface area contributed by atoms with Gasteiger partial charge in [-0.3, -0.25) is 29.8 Å². The molecule has 14 nitrogen and oxygen atoms in total. The van der Waals surface area contributed by atoms with Crippen molar-refractivity contribution in [2.75, 3.05) is 0 Å². The number of aryl methyl sites for hydroxylation is 1. The maximum atomic E-state index is 13.5. The van der Waals surface area contributed by atoms with Crippen molar-refractivity contribution >= 4 is 96.5 Å². The Bertz CT molecular complexity index is 3620. The number of ether oxygens (including phenoxy) is 4. The van der Waals surface area contributed by atoms with Gasteiger partial charge in [0.15, 0.2) is 11.6 Å². The smallest absolute Gasteiger partial charge is 0.431 e. The molecule has 77 heavy (non-hydrogen) atoms. The number of ketones is 2. The minimum absolute atomic E-state index is 0.141. The molecule has 2 aliphatic rings. The van der Waals surface area contributed by atoms with Gasteiger partial charge in [-0.25, -0.2) is 9.59 Å². The van der Waals surface area contributed by atoms with E-state index in [4.69, 9.17) is 32.7 Å². The minimum Gasteiger partial charge on any atom is -0.431 e. The number of benzene rings is 6. The third-order valence-electron chi connectivity index (χ3n) is 11.8. The van der Waals surface area contributed by atoms with E-state index in [9.17, 15) is 55.1 Å². The molecule has 0 bridgehead atoms. The first-order chi connectivity index (χ1) is 36.4. The van der Waals surface area contributed by atoms with Crippen molar-refractivity contribution in [2.45, 2.75) is 50.7 Å². The molecule has 2 atom stereocenters. The molecular formula is C54H37BrCl2F6N4O10. The maximum absolute atomic E-state index is 13.5. The standard InChI is InChI=1S/C27H18ClF3N2O5.C17H11ClF3NO2.C10H8BrNO3/c1-14-22(23(34)16-5-7-18(28)8-6-16)20-10-9-19(38-27(29,30)31)12-21(20)33(14)13-15-3-2-4-17(11-15)24-25(35)32-26(36)37-24;1-9-15(16(23)10-2-4-11(18)5-3-10)13-7-6-12(8-14(13)22-9)24-17(19,20)21;11-5-6-2-1-3-7(4-6)8-9(13)12-10(14)15-8/h2-12,24H,13H2,1H3,(H,32,35,36);2-8,22H,1H3;1-4,8H,5H2,(H,12,13,14). The summed E-state index contributed by atoms with van der Waals surface area (Å²) in [6.07, 6.45) is -13.1. The number of rotatable bonds is 11. The first-order valence-electron chi connectivity index (χ1n) is 22.6. The van der Waals surface area contributed by atoms with Crippen LogP contribution in [-0.2, 0) is 30.9 Å². The summed E-state index contributed by atoms with van der Waals surface area (Å²) in [5, 5.41) is 6.80. The molecule has 3 N–H and O–H groups in total. The number of halogens is 9. The number of H-pyrrole nitrogens is 1. The molecule has 2 unspecified atom stereocenters. The van der Waals surface area contributed by atoms with E-state index in [2.05, 4.69) is 41.0 Å². The van der Waals surface area contributed by atoms with Crippen LogP contribution >= 0.6 is 39.1 Å². The molecule has 0 spiro atoms. The molecule has 4 heterocycles. The van der Waals surface area contributed by atoms with E-state index in [1.54, 1.807) is 97.3 Å². The van der Waals surface area contributed by atoms with Crippen LogP contribution in [0.2, 0.25) is 10.0 Å². The number of imide groups is 2. The van der Waals surface area contributed by atoms with E-state index in [-0.39, 0.29) is 23.9 Å². The number of hydrogen-bond donors (Lipinski definition) is 3. The van der Waals surface area contributed by atoms with Crippen LogP contribution in [0, 0.1) is 13.8 Å². The first-order valence-corrected chi connectivity index (χ1v) is 24.5. The zero-order valence-electron chi connectivity index (χ0n) is 39.7. The summed E-state index contributed by atoms with van der Waals surface area (Å²) in [6.45, 7) is 3.53. The summed E-state index contributed by atoms with van der Waals surface area (Å²) in [7, 11) is 0. The highest BCUT2D eigenvalue weighted by atomic mass is 79.9. The van der Waals surface area contributed by atoms with Crippen molar-refractivity contribution in [3.05, 3.63) is 199 Å². The lowest BCUT2D eigenvalue weighted by molar-refractivity contribution is -0.275. The minimum atomic E-state index is -4.89. The van der Waals surface area contributed by atoms with Crippen LogP contribution in [0.25, 0.3) is 21.8 Å². The monoisotopic (exact) mass is 1160 g/mol. The van der Waals surface area contributed by atoms with Gasteiger partial charge in [-0.2, -0.15) is 0 Å². The van der Waals surface area contributed by atoms with Crippen LogP contribution in [0.3, 0.4) is 0 Å². The van der Waals surface area contributed by atoms with Gasteiger partial charge in [0, 0.05) is 78.5 Å². The Labute approximate surface area is 450 Å². The zero-order valence-corrected chi connectivity index (χ0v) is 42.8. The second-order valence-corrected chi connectivity index (χ2v) is 18.4. The fourth-order valence-corrected chi connectivity index (χ4v) is 9.06. The number of carbonyl (C=O) groups is 6. The number of fused-ring (bicyclic) bond motifs is 2. The predicted molar refractivity (Wildman–Crippen MR) is 272 cm³/mol. The number of nitrogens with one attached hydrogen (secondary N) is 3. The number of cyclic esters (lactones) is 2. The number of carbonyl (C=O) groups excluding carboxylic acids is 6. The molecule has 6 aromatic carbocycles. The van der Waals surface area contributed by atoms with Gasteiger partial charge in [0.25, 0.3) is 11.8 Å². The van der Waals surface area contributed by atoms with Crippen LogP contribution in [0.1, 0.15) is 77.7 Å². The fourth-order valence-electron chi connectivity index (χ4n) is 8.46. The van der Waals surface area contributed by atoms with Gasteiger partial charge in [-0.1, -0.05) is 81.6 Å². The van der Waals surface area contributed by atoms with Gasteiger partial charge in [-0.15, -0.1) is 26.3 Å². The first kappa shape index (κ1) is 55.1. The van der Waals surface area contributed by atoms with E-state index in [0.29, 0.717) is 87.5 Å². The molecule has 2 aliphatic heterocycles. The molecule has 2 fully saturated rings. The molecule has 8 aromatic rings. The highest BCUT2D eigenvalue weighted by Crippen LogP contribution is 2.35. The van der Waals surface area contributed by atoms with Crippen LogP contribution < -0.4 is 20.1 Å². The summed E-state index contributed by atoms with van der Waals surface area (Å²) >= 11 is 15.1. The second-order valence-electron chi connectivity index (χ2n) is 17.0. The number of aromatic amines is 1. The Morgan fingerprint density at radius 3 is 1.56 bits per heavy atom. The second kappa shape index (κ2) is 22.6. The van der Waals surface area contributed by atoms with Gasteiger partial charge in [0.2, 0.25) is 12.2 Å². The Morgan fingerprint density at radius 2 is 1.08 bits per heavy atom. The third-order valence-corrected chi connectivity index (χ3v) is 12.9. The van der Waals surface area contributed by atoms with E-state index in [1.807, 2.05) is 18.2 Å². The maximum Gasteiger partial charge on any atom is 0.573 e. The van der Waals surface area contributed by atoms with Gasteiger partial charge >= 0.3 is 24.9 Å². The number of amides is 4. The Kier molecular flexibility index (Phi) is 16.2. The van der Waals surface area contributed by atoms with Crippen LogP contribution in [0.15, 0.2) is 133 Å². The summed E-state index contributed by atoms with van der Waals surface area (Å²) in [4.78, 5) is 74.8. The topological polar surface area (TPSA) is 184 Å². The lowest BCUT2D eigenvalue weighted by Crippen LogP contribution is -2.20. The zero-order chi connectivity index (χ0) is 55.5. The Morgan fingerprint density at radius 1 is 0.610 bits per heavy atom. The highest BCUT2D eigenvalue weighted by Gasteiger charge is 2.36. The van der Waals surface area contributed by atoms with E-state index in [0.717, 1.165) is 11.6 Å². The summed E-state index contributed by atoms with van der Waals surface area (Å²) in [5.41, 5.74) is 6.16. The summed E-state index contributed by atoms with van der Waals surface area (Å²) in [6, 6.07) is 34.4. The van der Waals surface area contributed by atoms with Gasteiger partial charge in [0.1, 0.15) is 11.5 Å². The predicted octanol–water partition coefficient (Wildman–Crippen LogP) is 13.2. The summed E-state index contributed by atoms with van der Waals surface area (Å²) in [5.74, 6) is -2.35. The van der Waals surface area contributed by atoms with Crippen molar-refractivity contribution in [1.29, 1.82) is 0 Å². The van der Waals surface area contributed by atoms with E-state index < -0.39 is 54.7 Å². The number of alkyl halides is 7. The molecule has 0 radical (unpaired) electrons. The van der Waals surface area contributed by atoms with Crippen LogP contribution in [0.5, 0.6) is 11.5 Å². The molecule has 4 amide bonds. The van der Waals surface area contributed by atoms with Crippen molar-refractivity contribution < 1.29 is 74.1 Å². The normalized spacial score (nSPS) is 15.2. The average Bonchev–Trinajstić information content (AvgIpc) is 4.12. The molecular weight excluding hydrogens is 1130 g/mol. The van der Waals surface area contributed by atoms with Crippen LogP contribution in [0.4, 0.5) is 35.9 Å². The lowest BCUT2D eigenvalue weighted by atomic mass is 10.0. The molecule has 396 valence electrons. The molecule has 2 saturated heterocycles. The van der Waals surface area contributed by atoms with E-state index in [1.165, 1.54) is 30.3 Å². The number of hydrogen-bond acceptors (Lipinski definition) is 10. The molecule has 2 aromatic heterocycles. The Balaban J connectivity index is 0.000000170. The molecule has 23 heteroatoms.